The van der Waals surface area contributed by atoms with E-state index in [1.807, 2.05) is 24.0 Å². The molecule has 0 radical (unpaired) electrons. The van der Waals surface area contributed by atoms with Crippen LogP contribution in [0, 0.1) is 0 Å². The summed E-state index contributed by atoms with van der Waals surface area (Å²) in [5, 5.41) is 0. The molecule has 2 aromatic carbocycles. The van der Waals surface area contributed by atoms with E-state index < -0.39 is 11.7 Å². The van der Waals surface area contributed by atoms with Gasteiger partial charge in [-0.2, -0.15) is 13.2 Å². The molecule has 1 aromatic heterocycles. The molecular formula is C25H28F3N3O4. The van der Waals surface area contributed by atoms with Crippen LogP contribution in [0.3, 0.4) is 0 Å². The van der Waals surface area contributed by atoms with Crippen molar-refractivity contribution < 1.29 is 31.9 Å². The maximum atomic E-state index is 13.2. The van der Waals surface area contributed by atoms with Crippen molar-refractivity contribution in [2.75, 3.05) is 27.8 Å². The highest BCUT2D eigenvalue weighted by molar-refractivity contribution is 5.91. The summed E-state index contributed by atoms with van der Waals surface area (Å²) in [7, 11) is 4.71. The number of hydrogen-bond acceptors (Lipinski definition) is 6. The van der Waals surface area contributed by atoms with Crippen molar-refractivity contribution in [2.24, 2.45) is 0 Å². The number of para-hydroxylation sites is 1. The Labute approximate surface area is 202 Å². The lowest BCUT2D eigenvalue weighted by Gasteiger charge is -2.23. The molecule has 7 nitrogen and oxygen atoms in total. The maximum absolute atomic E-state index is 13.2. The molecule has 3 aromatic rings. The molecule has 0 fully saturated rings. The molecule has 0 aliphatic rings. The number of oxazole rings is 1. The van der Waals surface area contributed by atoms with E-state index >= 15 is 0 Å². The first-order chi connectivity index (χ1) is 16.7. The van der Waals surface area contributed by atoms with Crippen LogP contribution >= 0.6 is 0 Å². The van der Waals surface area contributed by atoms with Crippen molar-refractivity contribution in [3.8, 4) is 11.5 Å². The minimum Gasteiger partial charge on any atom is -0.493 e. The fourth-order valence-electron chi connectivity index (χ4n) is 3.60. The maximum Gasteiger partial charge on any atom is 0.416 e. The van der Waals surface area contributed by atoms with Gasteiger partial charge in [0.25, 0.3) is 5.91 Å². The highest BCUT2D eigenvalue weighted by Gasteiger charge is 2.30. The van der Waals surface area contributed by atoms with Gasteiger partial charge >= 0.3 is 6.18 Å². The zero-order valence-electron chi connectivity index (χ0n) is 20.1. The first kappa shape index (κ1) is 26.1. The number of rotatable bonds is 10. The number of carbonyl (C=O) groups excluding carboxylic acids is 1. The standard InChI is InChI=1S/C25H28F3N3O4/c1-5-30(2)24(32)20-16-35-22(29-20)15-31(13-17-8-6-10-19(12-17)25(26,27)28)14-18-9-7-11-21(33-3)23(18)34-4/h6-12,16H,5,13-15H2,1-4H3. The zero-order valence-corrected chi connectivity index (χ0v) is 20.1. The predicted molar refractivity (Wildman–Crippen MR) is 123 cm³/mol. The molecule has 1 heterocycles. The van der Waals surface area contributed by atoms with Crippen molar-refractivity contribution >= 4 is 5.91 Å². The van der Waals surface area contributed by atoms with Crippen molar-refractivity contribution in [1.29, 1.82) is 0 Å². The second-order valence-electron chi connectivity index (χ2n) is 7.94. The second kappa shape index (κ2) is 11.3. The number of halogens is 3. The van der Waals surface area contributed by atoms with Gasteiger partial charge in [0, 0.05) is 32.2 Å². The van der Waals surface area contributed by atoms with Gasteiger partial charge in [0.15, 0.2) is 17.2 Å². The van der Waals surface area contributed by atoms with Gasteiger partial charge in [-0.15, -0.1) is 0 Å². The number of hydrogen-bond donors (Lipinski definition) is 0. The predicted octanol–water partition coefficient (Wildman–Crippen LogP) is 5.00. The Hall–Kier alpha value is -3.53. The Morgan fingerprint density at radius 3 is 2.46 bits per heavy atom. The zero-order chi connectivity index (χ0) is 25.6. The lowest BCUT2D eigenvalue weighted by atomic mass is 10.1. The molecule has 0 N–H and O–H groups in total. The van der Waals surface area contributed by atoms with Gasteiger partial charge in [0.1, 0.15) is 6.26 Å². The van der Waals surface area contributed by atoms with E-state index in [0.29, 0.717) is 30.2 Å². The van der Waals surface area contributed by atoms with Gasteiger partial charge in [-0.1, -0.05) is 30.3 Å². The normalized spacial score (nSPS) is 11.5. The van der Waals surface area contributed by atoms with Crippen LogP contribution in [0.4, 0.5) is 13.2 Å². The molecule has 188 valence electrons. The van der Waals surface area contributed by atoms with E-state index in [1.165, 1.54) is 31.4 Å². The Morgan fingerprint density at radius 2 is 1.80 bits per heavy atom. The topological polar surface area (TPSA) is 68.0 Å². The Morgan fingerprint density at radius 1 is 1.06 bits per heavy atom. The summed E-state index contributed by atoms with van der Waals surface area (Å²) in [6, 6.07) is 10.6. The molecule has 0 atom stereocenters. The van der Waals surface area contributed by atoms with Crippen molar-refractivity contribution in [3.05, 3.63) is 77.0 Å². The summed E-state index contributed by atoms with van der Waals surface area (Å²) in [5.74, 6) is 1.06. The molecule has 0 spiro atoms. The van der Waals surface area contributed by atoms with Gasteiger partial charge in [0.2, 0.25) is 5.89 Å². The summed E-state index contributed by atoms with van der Waals surface area (Å²) < 4.78 is 56.2. The number of alkyl halides is 3. The second-order valence-corrected chi connectivity index (χ2v) is 7.94. The SMILES string of the molecule is CCN(C)C(=O)c1coc(CN(Cc2cccc(C(F)(F)F)c2)Cc2cccc(OC)c2OC)n1. The van der Waals surface area contributed by atoms with E-state index in [0.717, 1.165) is 17.7 Å². The van der Waals surface area contributed by atoms with Crippen LogP contribution in [-0.2, 0) is 25.8 Å². The van der Waals surface area contributed by atoms with Crippen LogP contribution in [0.5, 0.6) is 11.5 Å². The minimum atomic E-state index is -4.44. The first-order valence-electron chi connectivity index (χ1n) is 10.9. The summed E-state index contributed by atoms with van der Waals surface area (Å²) in [6.45, 7) is 2.98. The summed E-state index contributed by atoms with van der Waals surface area (Å²) in [6.07, 6.45) is -3.15. The lowest BCUT2D eigenvalue weighted by Crippen LogP contribution is -2.27. The molecule has 0 saturated heterocycles. The smallest absolute Gasteiger partial charge is 0.416 e. The fourth-order valence-corrected chi connectivity index (χ4v) is 3.60. The van der Waals surface area contributed by atoms with Gasteiger partial charge in [0.05, 0.1) is 26.3 Å². The average Bonchev–Trinajstić information content (AvgIpc) is 3.30. The summed E-state index contributed by atoms with van der Waals surface area (Å²) >= 11 is 0. The van der Waals surface area contributed by atoms with Crippen molar-refractivity contribution in [3.63, 3.8) is 0 Å². The number of carbonyl (C=O) groups is 1. The Bertz CT molecular complexity index is 1150. The lowest BCUT2D eigenvalue weighted by molar-refractivity contribution is -0.137. The largest absolute Gasteiger partial charge is 0.493 e. The van der Waals surface area contributed by atoms with Crippen LogP contribution < -0.4 is 9.47 Å². The van der Waals surface area contributed by atoms with E-state index in [1.54, 1.807) is 19.2 Å². The van der Waals surface area contributed by atoms with Crippen LogP contribution in [0.2, 0.25) is 0 Å². The number of nitrogens with zero attached hydrogens (tertiary/aromatic N) is 3. The highest BCUT2D eigenvalue weighted by Crippen LogP contribution is 2.33. The molecule has 1 amide bonds. The number of benzene rings is 2. The van der Waals surface area contributed by atoms with Crippen LogP contribution in [0.25, 0.3) is 0 Å². The molecular weight excluding hydrogens is 463 g/mol. The molecule has 0 aliphatic heterocycles. The molecule has 0 bridgehead atoms. The summed E-state index contributed by atoms with van der Waals surface area (Å²) in [5.41, 5.74) is 0.686. The van der Waals surface area contributed by atoms with Crippen LogP contribution in [-0.4, -0.2) is 48.5 Å². The van der Waals surface area contributed by atoms with Gasteiger partial charge in [-0.05, 0) is 24.6 Å². The van der Waals surface area contributed by atoms with Gasteiger partial charge in [-0.3, -0.25) is 9.69 Å². The Balaban J connectivity index is 1.91. The minimum absolute atomic E-state index is 0.153. The van der Waals surface area contributed by atoms with Gasteiger partial charge in [-0.25, -0.2) is 4.98 Å². The van der Waals surface area contributed by atoms with Gasteiger partial charge < -0.3 is 18.8 Å². The monoisotopic (exact) mass is 491 g/mol. The quantitative estimate of drug-likeness (QED) is 0.398. The molecule has 10 heteroatoms. The highest BCUT2D eigenvalue weighted by atomic mass is 19.4. The third-order valence-corrected chi connectivity index (χ3v) is 5.49. The fraction of sp³-hybridized carbons (Fsp3) is 0.360. The molecule has 0 aliphatic carbocycles. The molecule has 35 heavy (non-hydrogen) atoms. The molecule has 0 unspecified atom stereocenters. The number of amides is 1. The van der Waals surface area contributed by atoms with Crippen molar-refractivity contribution in [1.82, 2.24) is 14.8 Å². The summed E-state index contributed by atoms with van der Waals surface area (Å²) in [4.78, 5) is 20.1. The van der Waals surface area contributed by atoms with E-state index in [9.17, 15) is 18.0 Å². The van der Waals surface area contributed by atoms with Crippen LogP contribution in [0.15, 0.2) is 53.1 Å². The van der Waals surface area contributed by atoms with E-state index in [4.69, 9.17) is 13.9 Å². The first-order valence-corrected chi connectivity index (χ1v) is 10.9. The average molecular weight is 492 g/mol. The number of aromatic nitrogens is 1. The Kier molecular flexibility index (Phi) is 8.39. The molecule has 0 saturated carbocycles. The number of ether oxygens (including phenoxy) is 2. The number of methoxy groups -OCH3 is 2. The molecule has 3 rings (SSSR count). The van der Waals surface area contributed by atoms with Crippen molar-refractivity contribution in [2.45, 2.75) is 32.7 Å². The van der Waals surface area contributed by atoms with E-state index in [-0.39, 0.29) is 30.6 Å². The third kappa shape index (κ3) is 6.54. The van der Waals surface area contributed by atoms with E-state index in [2.05, 4.69) is 4.98 Å². The van der Waals surface area contributed by atoms with Crippen LogP contribution in [0.1, 0.15) is 40.0 Å². The third-order valence-electron chi connectivity index (χ3n) is 5.49.